The van der Waals surface area contributed by atoms with Gasteiger partial charge in [-0.3, -0.25) is 4.90 Å². The minimum atomic E-state index is -0.593. The standard InChI is InChI=1S/C20H24F2N4O.HI/c21-16-5-6-18(22)19(11-16)25-20(23)24-12-14-1-3-15(4-2-14)13-26-9-7-17(27)8-10-26;/h1-6,11,17,27H,7-10,12-13H2,(H3,23,24,25);1H. The van der Waals surface area contributed by atoms with Gasteiger partial charge in [-0.2, -0.15) is 0 Å². The third kappa shape index (κ3) is 6.68. The Hall–Kier alpha value is -1.78. The summed E-state index contributed by atoms with van der Waals surface area (Å²) in [5.41, 5.74) is 7.89. The molecule has 5 nitrogen and oxygen atoms in total. The van der Waals surface area contributed by atoms with Gasteiger partial charge in [-0.05, 0) is 36.1 Å². The number of aliphatic hydroxyl groups is 1. The number of guanidine groups is 1. The van der Waals surface area contributed by atoms with Gasteiger partial charge in [0.15, 0.2) is 5.96 Å². The largest absolute Gasteiger partial charge is 0.393 e. The Labute approximate surface area is 180 Å². The van der Waals surface area contributed by atoms with Gasteiger partial charge in [0.2, 0.25) is 0 Å². The number of likely N-dealkylation sites (tertiary alicyclic amines) is 1. The predicted molar refractivity (Wildman–Crippen MR) is 118 cm³/mol. The number of aliphatic imine (C=N–C) groups is 1. The summed E-state index contributed by atoms with van der Waals surface area (Å²) in [4.78, 5) is 6.50. The van der Waals surface area contributed by atoms with Crippen LogP contribution in [0.5, 0.6) is 0 Å². The van der Waals surface area contributed by atoms with Gasteiger partial charge in [0.25, 0.3) is 0 Å². The molecule has 1 saturated heterocycles. The Bertz CT molecular complexity index is 793. The highest BCUT2D eigenvalue weighted by Crippen LogP contribution is 2.16. The van der Waals surface area contributed by atoms with Crippen LogP contribution in [0, 0.1) is 11.6 Å². The lowest BCUT2D eigenvalue weighted by molar-refractivity contribution is 0.0792. The maximum Gasteiger partial charge on any atom is 0.193 e. The molecule has 28 heavy (non-hydrogen) atoms. The number of hydrogen-bond acceptors (Lipinski definition) is 3. The van der Waals surface area contributed by atoms with Crippen molar-refractivity contribution in [3.63, 3.8) is 0 Å². The van der Waals surface area contributed by atoms with Gasteiger partial charge < -0.3 is 16.2 Å². The smallest absolute Gasteiger partial charge is 0.193 e. The molecule has 0 bridgehead atoms. The average Bonchev–Trinajstić information content (AvgIpc) is 2.66. The second kappa shape index (κ2) is 10.7. The number of aliphatic hydroxyl groups excluding tert-OH is 1. The van der Waals surface area contributed by atoms with E-state index < -0.39 is 11.6 Å². The number of nitrogens with one attached hydrogen (secondary N) is 1. The molecule has 0 aromatic heterocycles. The average molecular weight is 502 g/mol. The van der Waals surface area contributed by atoms with E-state index in [9.17, 15) is 13.9 Å². The summed E-state index contributed by atoms with van der Waals surface area (Å²) in [6.07, 6.45) is 1.48. The lowest BCUT2D eigenvalue weighted by atomic mass is 10.1. The number of benzene rings is 2. The summed E-state index contributed by atoms with van der Waals surface area (Å²) in [6.45, 7) is 3.02. The normalized spacial score (nSPS) is 15.9. The topological polar surface area (TPSA) is 73.9 Å². The molecular weight excluding hydrogens is 477 g/mol. The highest BCUT2D eigenvalue weighted by Gasteiger charge is 2.16. The molecule has 0 atom stereocenters. The van der Waals surface area contributed by atoms with Crippen LogP contribution in [-0.4, -0.2) is 35.2 Å². The molecule has 8 heteroatoms. The SMILES string of the molecule is I.NC(=NCc1ccc(CN2CCC(O)CC2)cc1)Nc1cc(F)ccc1F. The molecule has 1 aliphatic heterocycles. The highest BCUT2D eigenvalue weighted by atomic mass is 127. The van der Waals surface area contributed by atoms with Crippen molar-refractivity contribution in [3.05, 3.63) is 65.2 Å². The summed E-state index contributed by atoms with van der Waals surface area (Å²) >= 11 is 0. The molecule has 0 amide bonds. The van der Waals surface area contributed by atoms with Gasteiger partial charge in [0.1, 0.15) is 11.6 Å². The first kappa shape index (κ1) is 22.5. The fraction of sp³-hybridized carbons (Fsp3) is 0.350. The van der Waals surface area contributed by atoms with E-state index in [1.165, 1.54) is 5.56 Å². The van der Waals surface area contributed by atoms with Crippen molar-refractivity contribution in [3.8, 4) is 0 Å². The van der Waals surface area contributed by atoms with Crippen molar-refractivity contribution in [2.45, 2.75) is 32.0 Å². The zero-order valence-corrected chi connectivity index (χ0v) is 17.8. The van der Waals surface area contributed by atoms with E-state index in [0.717, 1.165) is 56.2 Å². The molecule has 0 radical (unpaired) electrons. The number of nitrogens with two attached hydrogens (primary N) is 1. The van der Waals surface area contributed by atoms with Crippen LogP contribution in [0.15, 0.2) is 47.5 Å². The molecule has 152 valence electrons. The first-order chi connectivity index (χ1) is 13.0. The molecule has 1 heterocycles. The van der Waals surface area contributed by atoms with E-state index in [-0.39, 0.29) is 41.7 Å². The fourth-order valence-corrected chi connectivity index (χ4v) is 3.03. The minimum absolute atomic E-state index is 0. The minimum Gasteiger partial charge on any atom is -0.393 e. The molecular formula is C20H25F2IN4O. The first-order valence-corrected chi connectivity index (χ1v) is 9.00. The van der Waals surface area contributed by atoms with E-state index in [4.69, 9.17) is 5.73 Å². The molecule has 3 rings (SSSR count). The van der Waals surface area contributed by atoms with E-state index in [1.54, 1.807) is 0 Å². The van der Waals surface area contributed by atoms with Crippen molar-refractivity contribution in [1.82, 2.24) is 4.90 Å². The molecule has 0 aliphatic carbocycles. The van der Waals surface area contributed by atoms with E-state index in [2.05, 4.69) is 15.2 Å². The summed E-state index contributed by atoms with van der Waals surface area (Å²) in [5, 5.41) is 12.1. The van der Waals surface area contributed by atoms with Crippen LogP contribution >= 0.6 is 24.0 Å². The summed E-state index contributed by atoms with van der Waals surface area (Å²) < 4.78 is 26.8. The molecule has 2 aromatic carbocycles. The number of nitrogens with zero attached hydrogens (tertiary/aromatic N) is 2. The van der Waals surface area contributed by atoms with Gasteiger partial charge in [0.05, 0.1) is 18.3 Å². The maximum absolute atomic E-state index is 13.6. The lowest BCUT2D eigenvalue weighted by Gasteiger charge is -2.29. The maximum atomic E-state index is 13.6. The van der Waals surface area contributed by atoms with Crippen LogP contribution in [0.3, 0.4) is 0 Å². The van der Waals surface area contributed by atoms with Crippen LogP contribution < -0.4 is 11.1 Å². The van der Waals surface area contributed by atoms with Crippen LogP contribution in [-0.2, 0) is 13.1 Å². The predicted octanol–water partition coefficient (Wildman–Crippen LogP) is 3.47. The van der Waals surface area contributed by atoms with Crippen LogP contribution in [0.4, 0.5) is 14.5 Å². The number of halogens is 3. The van der Waals surface area contributed by atoms with Crippen molar-refractivity contribution in [2.24, 2.45) is 10.7 Å². The number of anilines is 1. The molecule has 0 unspecified atom stereocenters. The summed E-state index contributed by atoms with van der Waals surface area (Å²) in [5.74, 6) is -1.12. The van der Waals surface area contributed by atoms with Crippen molar-refractivity contribution in [1.29, 1.82) is 0 Å². The molecule has 0 spiro atoms. The Balaban J connectivity index is 0.00000280. The van der Waals surface area contributed by atoms with E-state index in [1.807, 2.05) is 24.3 Å². The van der Waals surface area contributed by atoms with Crippen molar-refractivity contribution < 1.29 is 13.9 Å². The highest BCUT2D eigenvalue weighted by molar-refractivity contribution is 14.0. The van der Waals surface area contributed by atoms with Crippen molar-refractivity contribution >= 4 is 35.6 Å². The molecule has 2 aromatic rings. The molecule has 4 N–H and O–H groups in total. The quantitative estimate of drug-likeness (QED) is 0.333. The van der Waals surface area contributed by atoms with Gasteiger partial charge in [-0.15, -0.1) is 24.0 Å². The first-order valence-electron chi connectivity index (χ1n) is 9.00. The van der Waals surface area contributed by atoms with E-state index >= 15 is 0 Å². The molecule has 1 fully saturated rings. The summed E-state index contributed by atoms with van der Waals surface area (Å²) in [6, 6.07) is 11.2. The van der Waals surface area contributed by atoms with Gasteiger partial charge in [-0.1, -0.05) is 24.3 Å². The lowest BCUT2D eigenvalue weighted by Crippen LogP contribution is -2.35. The van der Waals surface area contributed by atoms with Crippen molar-refractivity contribution in [2.75, 3.05) is 18.4 Å². The van der Waals surface area contributed by atoms with Crippen LogP contribution in [0.25, 0.3) is 0 Å². The Morgan fingerprint density at radius 1 is 1.11 bits per heavy atom. The van der Waals surface area contributed by atoms with Crippen LogP contribution in [0.1, 0.15) is 24.0 Å². The molecule has 0 saturated carbocycles. The zero-order valence-electron chi connectivity index (χ0n) is 15.4. The Morgan fingerprint density at radius 3 is 2.43 bits per heavy atom. The van der Waals surface area contributed by atoms with Gasteiger partial charge >= 0.3 is 0 Å². The Morgan fingerprint density at radius 2 is 1.75 bits per heavy atom. The second-order valence-electron chi connectivity index (χ2n) is 6.77. The second-order valence-corrected chi connectivity index (χ2v) is 6.77. The summed E-state index contributed by atoms with van der Waals surface area (Å²) in [7, 11) is 0. The number of piperidine rings is 1. The third-order valence-corrected chi connectivity index (χ3v) is 4.61. The number of rotatable bonds is 5. The molecule has 1 aliphatic rings. The van der Waals surface area contributed by atoms with Gasteiger partial charge in [-0.25, -0.2) is 13.8 Å². The van der Waals surface area contributed by atoms with Gasteiger partial charge in [0, 0.05) is 25.7 Å². The van der Waals surface area contributed by atoms with E-state index in [0.29, 0.717) is 6.54 Å². The van der Waals surface area contributed by atoms with Crippen LogP contribution in [0.2, 0.25) is 0 Å². The zero-order chi connectivity index (χ0) is 19.2. The third-order valence-electron chi connectivity index (χ3n) is 4.61. The Kier molecular flexibility index (Phi) is 8.58. The monoisotopic (exact) mass is 502 g/mol. The fourth-order valence-electron chi connectivity index (χ4n) is 3.03. The number of hydrogen-bond donors (Lipinski definition) is 3.